The van der Waals surface area contributed by atoms with Gasteiger partial charge in [-0.2, -0.15) is 8.78 Å². The van der Waals surface area contributed by atoms with Crippen LogP contribution in [-0.2, 0) is 4.79 Å². The van der Waals surface area contributed by atoms with Crippen molar-refractivity contribution < 1.29 is 22.4 Å². The number of nitrogens with one attached hydrogen (secondary N) is 1. The third-order valence-corrected chi connectivity index (χ3v) is 2.58. The molecule has 0 aromatic carbocycles. The lowest BCUT2D eigenvalue weighted by Crippen LogP contribution is -2.48. The first-order valence-corrected chi connectivity index (χ1v) is 4.84. The predicted octanol–water partition coefficient (Wildman–Crippen LogP) is 1.38. The summed E-state index contributed by atoms with van der Waals surface area (Å²) in [5, 5.41) is 1.80. The molecule has 0 radical (unpaired) electrons. The van der Waals surface area contributed by atoms with Gasteiger partial charge in [-0.25, -0.2) is 8.78 Å². The molecule has 0 rings (SSSR count). The van der Waals surface area contributed by atoms with Gasteiger partial charge in [0.1, 0.15) is 0 Å². The Kier molecular flexibility index (Phi) is 5.18. The molecule has 1 unspecified atom stereocenters. The molecule has 0 fully saturated rings. The van der Waals surface area contributed by atoms with Crippen LogP contribution in [0.1, 0.15) is 20.3 Å². The van der Waals surface area contributed by atoms with E-state index in [9.17, 15) is 22.4 Å². The Balaban J connectivity index is 4.38. The fourth-order valence-electron chi connectivity index (χ4n) is 0.886. The van der Waals surface area contributed by atoms with Crippen molar-refractivity contribution >= 4 is 5.91 Å². The Morgan fingerprint density at radius 2 is 1.94 bits per heavy atom. The summed E-state index contributed by atoms with van der Waals surface area (Å²) in [4.78, 5) is 11.4. The van der Waals surface area contributed by atoms with Gasteiger partial charge < -0.3 is 11.1 Å². The fourth-order valence-corrected chi connectivity index (χ4v) is 0.886. The Morgan fingerprint density at radius 1 is 1.44 bits per heavy atom. The summed E-state index contributed by atoms with van der Waals surface area (Å²) in [5.41, 5.74) is 4.32. The summed E-state index contributed by atoms with van der Waals surface area (Å²) in [6.07, 6.45) is -3.45. The lowest BCUT2D eigenvalue weighted by molar-refractivity contribution is -0.142. The van der Waals surface area contributed by atoms with E-state index in [4.69, 9.17) is 5.73 Å². The van der Waals surface area contributed by atoms with Crippen LogP contribution >= 0.6 is 0 Å². The maximum Gasteiger partial charge on any atom is 0.324 e. The molecule has 16 heavy (non-hydrogen) atoms. The SMILES string of the molecule is CCC(C)(CN)C(=O)NCC(F)(F)C(F)F. The van der Waals surface area contributed by atoms with E-state index in [1.807, 2.05) is 0 Å². The molecule has 1 atom stereocenters. The van der Waals surface area contributed by atoms with E-state index in [0.717, 1.165) is 0 Å². The largest absolute Gasteiger partial charge is 0.349 e. The van der Waals surface area contributed by atoms with Gasteiger partial charge in [0.05, 0.1) is 12.0 Å². The summed E-state index contributed by atoms with van der Waals surface area (Å²) in [6.45, 7) is 1.75. The molecule has 0 saturated carbocycles. The predicted molar refractivity (Wildman–Crippen MR) is 51.4 cm³/mol. The molecule has 0 aromatic heterocycles. The highest BCUT2D eigenvalue weighted by molar-refractivity contribution is 5.82. The van der Waals surface area contributed by atoms with Crippen molar-refractivity contribution in [1.82, 2.24) is 5.32 Å². The van der Waals surface area contributed by atoms with Gasteiger partial charge in [0.15, 0.2) is 0 Å². The second kappa shape index (κ2) is 5.47. The van der Waals surface area contributed by atoms with Crippen molar-refractivity contribution in [2.75, 3.05) is 13.1 Å². The second-order valence-corrected chi connectivity index (χ2v) is 3.86. The minimum atomic E-state index is -4.21. The summed E-state index contributed by atoms with van der Waals surface area (Å²) >= 11 is 0. The maximum absolute atomic E-state index is 12.5. The topological polar surface area (TPSA) is 55.1 Å². The van der Waals surface area contributed by atoms with E-state index in [1.54, 1.807) is 12.2 Å². The van der Waals surface area contributed by atoms with Gasteiger partial charge in [-0.1, -0.05) is 6.92 Å². The summed E-state index contributed by atoms with van der Waals surface area (Å²) in [7, 11) is 0. The Hall–Kier alpha value is -0.850. The number of rotatable bonds is 6. The van der Waals surface area contributed by atoms with Crippen LogP contribution in [-0.4, -0.2) is 31.3 Å². The van der Waals surface area contributed by atoms with Gasteiger partial charge in [-0.05, 0) is 13.3 Å². The number of halogens is 4. The van der Waals surface area contributed by atoms with E-state index < -0.39 is 30.2 Å². The van der Waals surface area contributed by atoms with Crippen molar-refractivity contribution in [1.29, 1.82) is 0 Å². The molecule has 96 valence electrons. The number of amides is 1. The second-order valence-electron chi connectivity index (χ2n) is 3.86. The Bertz CT molecular complexity index is 242. The highest BCUT2D eigenvalue weighted by Crippen LogP contribution is 2.23. The first-order valence-electron chi connectivity index (χ1n) is 4.84. The van der Waals surface area contributed by atoms with Crippen LogP contribution in [0.3, 0.4) is 0 Å². The zero-order chi connectivity index (χ0) is 13.0. The number of carbonyl (C=O) groups is 1. The number of hydrogen-bond acceptors (Lipinski definition) is 2. The molecule has 3 nitrogen and oxygen atoms in total. The molecular formula is C9H16F4N2O. The van der Waals surface area contributed by atoms with Crippen LogP contribution in [0.15, 0.2) is 0 Å². The number of carbonyl (C=O) groups excluding carboxylic acids is 1. The van der Waals surface area contributed by atoms with Crippen molar-refractivity contribution in [3.8, 4) is 0 Å². The average molecular weight is 244 g/mol. The number of alkyl halides is 4. The first-order chi connectivity index (χ1) is 7.19. The van der Waals surface area contributed by atoms with Gasteiger partial charge in [0, 0.05) is 6.54 Å². The van der Waals surface area contributed by atoms with Gasteiger partial charge in [-0.15, -0.1) is 0 Å². The number of hydrogen-bond donors (Lipinski definition) is 2. The molecule has 7 heteroatoms. The molecule has 0 aliphatic rings. The van der Waals surface area contributed by atoms with Crippen LogP contribution in [0.4, 0.5) is 17.6 Å². The molecule has 1 amide bonds. The van der Waals surface area contributed by atoms with E-state index in [1.165, 1.54) is 6.92 Å². The van der Waals surface area contributed by atoms with Crippen LogP contribution in [0, 0.1) is 5.41 Å². The van der Waals surface area contributed by atoms with Gasteiger partial charge in [0.2, 0.25) is 5.91 Å². The van der Waals surface area contributed by atoms with Gasteiger partial charge >= 0.3 is 12.3 Å². The van der Waals surface area contributed by atoms with Crippen LogP contribution in [0.5, 0.6) is 0 Å². The van der Waals surface area contributed by atoms with Crippen molar-refractivity contribution in [2.45, 2.75) is 32.6 Å². The molecule has 0 bridgehead atoms. The van der Waals surface area contributed by atoms with Crippen LogP contribution in [0.2, 0.25) is 0 Å². The zero-order valence-electron chi connectivity index (χ0n) is 9.20. The molecule has 0 heterocycles. The van der Waals surface area contributed by atoms with E-state index in [-0.39, 0.29) is 6.54 Å². The third kappa shape index (κ3) is 3.62. The van der Waals surface area contributed by atoms with Crippen molar-refractivity contribution in [3.63, 3.8) is 0 Å². The minimum absolute atomic E-state index is 0.0322. The summed E-state index contributed by atoms with van der Waals surface area (Å²) < 4.78 is 48.6. The smallest absolute Gasteiger partial charge is 0.324 e. The highest BCUT2D eigenvalue weighted by Gasteiger charge is 2.42. The van der Waals surface area contributed by atoms with Crippen molar-refractivity contribution in [2.24, 2.45) is 11.1 Å². The summed E-state index contributed by atoms with van der Waals surface area (Å²) in [5.74, 6) is -4.95. The van der Waals surface area contributed by atoms with Crippen LogP contribution in [0.25, 0.3) is 0 Å². The van der Waals surface area contributed by atoms with Crippen LogP contribution < -0.4 is 11.1 Å². The van der Waals surface area contributed by atoms with E-state index in [0.29, 0.717) is 6.42 Å². The van der Waals surface area contributed by atoms with Gasteiger partial charge in [-0.3, -0.25) is 4.79 Å². The molecule has 0 spiro atoms. The lowest BCUT2D eigenvalue weighted by Gasteiger charge is -2.26. The third-order valence-electron chi connectivity index (χ3n) is 2.58. The average Bonchev–Trinajstić information content (AvgIpc) is 2.24. The number of nitrogens with two attached hydrogens (primary N) is 1. The van der Waals surface area contributed by atoms with Gasteiger partial charge in [0.25, 0.3) is 0 Å². The summed E-state index contributed by atoms with van der Waals surface area (Å²) in [6, 6.07) is 0. The Morgan fingerprint density at radius 3 is 2.25 bits per heavy atom. The molecule has 0 saturated heterocycles. The minimum Gasteiger partial charge on any atom is -0.349 e. The normalized spacial score (nSPS) is 16.0. The first kappa shape index (κ1) is 15.2. The van der Waals surface area contributed by atoms with Crippen molar-refractivity contribution in [3.05, 3.63) is 0 Å². The molecular weight excluding hydrogens is 228 g/mol. The molecule has 0 aromatic rings. The van der Waals surface area contributed by atoms with E-state index in [2.05, 4.69) is 0 Å². The quantitative estimate of drug-likeness (QED) is 0.693. The maximum atomic E-state index is 12.5. The molecule has 3 N–H and O–H groups in total. The standard InChI is InChI=1S/C9H16F4N2O/c1-3-8(2,4-14)7(16)15-5-9(12,13)6(10)11/h6H,3-5,14H2,1-2H3,(H,15,16). The molecule has 0 aliphatic carbocycles. The highest BCUT2D eigenvalue weighted by atomic mass is 19.3. The Labute approximate surface area is 91.4 Å². The zero-order valence-corrected chi connectivity index (χ0v) is 9.20. The van der Waals surface area contributed by atoms with E-state index >= 15 is 0 Å². The molecule has 0 aliphatic heterocycles. The fraction of sp³-hybridized carbons (Fsp3) is 0.889. The lowest BCUT2D eigenvalue weighted by atomic mass is 9.86. The monoisotopic (exact) mass is 244 g/mol.